The smallest absolute Gasteiger partial charge is 0.408 e. The molecule has 1 saturated carbocycles. The van der Waals surface area contributed by atoms with Gasteiger partial charge in [0.05, 0.1) is 0 Å². The van der Waals surface area contributed by atoms with Gasteiger partial charge in [-0.15, -0.1) is 0 Å². The van der Waals surface area contributed by atoms with E-state index in [9.17, 15) is 19.2 Å². The molecule has 4 N–H and O–H groups in total. The molecule has 1 aromatic carbocycles. The maximum absolute atomic E-state index is 14.2. The molecular formula is C29H46N4O5. The van der Waals surface area contributed by atoms with Crippen molar-refractivity contribution in [2.24, 2.45) is 5.73 Å². The molecule has 0 saturated heterocycles. The first-order chi connectivity index (χ1) is 17.8. The van der Waals surface area contributed by atoms with Gasteiger partial charge in [0, 0.05) is 19.0 Å². The summed E-state index contributed by atoms with van der Waals surface area (Å²) in [6.45, 7) is 11.8. The third-order valence-corrected chi connectivity index (χ3v) is 6.84. The number of ether oxygens (including phenoxy) is 1. The fourth-order valence-electron chi connectivity index (χ4n) is 4.41. The van der Waals surface area contributed by atoms with Gasteiger partial charge in [0.25, 0.3) is 0 Å². The van der Waals surface area contributed by atoms with Crippen LogP contribution < -0.4 is 16.4 Å². The average molecular weight is 531 g/mol. The minimum Gasteiger partial charge on any atom is -0.444 e. The number of unbranched alkanes of at least 4 members (excludes halogenated alkanes) is 2. The van der Waals surface area contributed by atoms with Crippen LogP contribution in [0.15, 0.2) is 18.2 Å². The minimum absolute atomic E-state index is 0.00833. The largest absolute Gasteiger partial charge is 0.444 e. The third-order valence-electron chi connectivity index (χ3n) is 6.84. The summed E-state index contributed by atoms with van der Waals surface area (Å²) in [5.41, 5.74) is 7.44. The van der Waals surface area contributed by atoms with E-state index in [1.807, 2.05) is 32.0 Å². The fourth-order valence-corrected chi connectivity index (χ4v) is 4.41. The Balaban J connectivity index is 2.47. The second-order valence-corrected chi connectivity index (χ2v) is 11.3. The van der Waals surface area contributed by atoms with E-state index >= 15 is 0 Å². The first kappa shape index (κ1) is 31.1. The van der Waals surface area contributed by atoms with Crippen molar-refractivity contribution in [2.45, 2.75) is 117 Å². The maximum Gasteiger partial charge on any atom is 0.408 e. The number of nitrogens with zero attached hydrogens (tertiary/aromatic N) is 1. The highest BCUT2D eigenvalue weighted by Crippen LogP contribution is 2.34. The van der Waals surface area contributed by atoms with Gasteiger partial charge in [-0.05, 0) is 83.4 Å². The van der Waals surface area contributed by atoms with Crippen molar-refractivity contribution in [1.82, 2.24) is 15.5 Å². The predicted octanol–water partition coefficient (Wildman–Crippen LogP) is 4.19. The molecule has 9 heteroatoms. The van der Waals surface area contributed by atoms with Crippen LogP contribution >= 0.6 is 0 Å². The van der Waals surface area contributed by atoms with E-state index < -0.39 is 35.6 Å². The second kappa shape index (κ2) is 14.2. The van der Waals surface area contributed by atoms with Crippen LogP contribution in [0.5, 0.6) is 0 Å². The van der Waals surface area contributed by atoms with Crippen LogP contribution in [0.25, 0.3) is 0 Å². The van der Waals surface area contributed by atoms with E-state index in [0.717, 1.165) is 49.7 Å². The molecule has 38 heavy (non-hydrogen) atoms. The Labute approximate surface area is 227 Å². The van der Waals surface area contributed by atoms with Crippen molar-refractivity contribution in [1.29, 1.82) is 0 Å². The van der Waals surface area contributed by atoms with E-state index in [4.69, 9.17) is 10.5 Å². The Kier molecular flexibility index (Phi) is 11.6. The molecule has 1 aromatic rings. The zero-order valence-corrected chi connectivity index (χ0v) is 23.9. The summed E-state index contributed by atoms with van der Waals surface area (Å²) in [7, 11) is 0. The van der Waals surface area contributed by atoms with Crippen molar-refractivity contribution in [3.63, 3.8) is 0 Å². The summed E-state index contributed by atoms with van der Waals surface area (Å²) in [6.07, 6.45) is 4.47. The molecule has 1 aliphatic rings. The van der Waals surface area contributed by atoms with Gasteiger partial charge >= 0.3 is 6.09 Å². The molecule has 2 rings (SSSR count). The Morgan fingerprint density at radius 2 is 1.79 bits per heavy atom. The summed E-state index contributed by atoms with van der Waals surface area (Å²) >= 11 is 0. The number of amides is 4. The van der Waals surface area contributed by atoms with E-state index in [1.165, 1.54) is 0 Å². The second-order valence-electron chi connectivity index (χ2n) is 11.3. The highest BCUT2D eigenvalue weighted by Gasteiger charge is 2.42. The summed E-state index contributed by atoms with van der Waals surface area (Å²) in [5, 5.41) is 5.68. The van der Waals surface area contributed by atoms with Crippen LogP contribution in [0.3, 0.4) is 0 Å². The molecule has 4 amide bonds. The number of nitrogens with two attached hydrogens (primary N) is 1. The minimum atomic E-state index is -1.07. The number of benzene rings is 1. The van der Waals surface area contributed by atoms with Crippen LogP contribution in [0.4, 0.5) is 4.79 Å². The number of rotatable bonds is 13. The van der Waals surface area contributed by atoms with Crippen molar-refractivity contribution in [3.05, 3.63) is 34.9 Å². The lowest BCUT2D eigenvalue weighted by atomic mass is 9.87. The number of hydrogen-bond donors (Lipinski definition) is 3. The van der Waals surface area contributed by atoms with Crippen LogP contribution in [-0.4, -0.2) is 52.9 Å². The molecule has 9 nitrogen and oxygen atoms in total. The highest BCUT2D eigenvalue weighted by atomic mass is 16.6. The summed E-state index contributed by atoms with van der Waals surface area (Å²) in [5.74, 6) is -1.26. The molecule has 0 bridgehead atoms. The van der Waals surface area contributed by atoms with Gasteiger partial charge in [-0.2, -0.15) is 0 Å². The van der Waals surface area contributed by atoms with Gasteiger partial charge in [0.2, 0.25) is 17.7 Å². The van der Waals surface area contributed by atoms with Crippen molar-refractivity contribution < 1.29 is 23.9 Å². The van der Waals surface area contributed by atoms with Crippen molar-refractivity contribution in [3.8, 4) is 0 Å². The van der Waals surface area contributed by atoms with Crippen LogP contribution in [0, 0.1) is 13.8 Å². The Morgan fingerprint density at radius 3 is 2.32 bits per heavy atom. The maximum atomic E-state index is 14.2. The van der Waals surface area contributed by atoms with E-state index in [2.05, 4.69) is 17.6 Å². The number of aryl methyl sites for hydroxylation is 2. The molecule has 2 atom stereocenters. The lowest BCUT2D eigenvalue weighted by Crippen LogP contribution is -2.57. The summed E-state index contributed by atoms with van der Waals surface area (Å²) < 4.78 is 5.39. The Bertz CT molecular complexity index is 984. The topological polar surface area (TPSA) is 131 Å². The van der Waals surface area contributed by atoms with Crippen LogP contribution in [-0.2, 0) is 19.1 Å². The Hall–Kier alpha value is -3.10. The molecule has 2 unspecified atom stereocenters. The Morgan fingerprint density at radius 1 is 1.11 bits per heavy atom. The van der Waals surface area contributed by atoms with Crippen LogP contribution in [0.2, 0.25) is 0 Å². The molecule has 0 aromatic heterocycles. The summed E-state index contributed by atoms with van der Waals surface area (Å²) in [6, 6.07) is 3.69. The molecule has 212 valence electrons. The van der Waals surface area contributed by atoms with Crippen molar-refractivity contribution in [2.75, 3.05) is 6.54 Å². The lowest BCUT2D eigenvalue weighted by molar-refractivity contribution is -0.147. The zero-order chi connectivity index (χ0) is 28.5. The quantitative estimate of drug-likeness (QED) is 0.329. The van der Waals surface area contributed by atoms with Gasteiger partial charge in [0.1, 0.15) is 17.7 Å². The highest BCUT2D eigenvalue weighted by molar-refractivity contribution is 5.92. The van der Waals surface area contributed by atoms with Gasteiger partial charge in [-0.1, -0.05) is 38.0 Å². The monoisotopic (exact) mass is 530 g/mol. The number of nitrogens with one attached hydrogen (secondary N) is 2. The standard InChI is InChI=1S/C29H46N4O5/c1-7-8-9-17-31-26(35)25(21-14-13-19(2)20(3)18-21)33(22-11-10-12-22)27(36)23(15-16-24(30)34)32-28(37)38-29(4,5)6/h13-14,18,22-23,25H,7-12,15-17H2,1-6H3,(H2,30,34)(H,31,35)(H,32,37). The summed E-state index contributed by atoms with van der Waals surface area (Å²) in [4.78, 5) is 53.7. The molecule has 0 radical (unpaired) electrons. The SMILES string of the molecule is CCCCCNC(=O)C(c1ccc(C)c(C)c1)N(C(=O)C(CCC(N)=O)NC(=O)OC(C)(C)C)C1CCC1. The molecule has 0 heterocycles. The van der Waals surface area contributed by atoms with Crippen LogP contribution in [0.1, 0.15) is 102 Å². The van der Waals surface area contributed by atoms with E-state index in [1.54, 1.807) is 25.7 Å². The average Bonchev–Trinajstić information content (AvgIpc) is 2.78. The molecular weight excluding hydrogens is 484 g/mol. The molecule has 0 spiro atoms. The number of carbonyl (C=O) groups is 4. The first-order valence-electron chi connectivity index (χ1n) is 13.8. The molecule has 1 fully saturated rings. The first-order valence-corrected chi connectivity index (χ1v) is 13.8. The van der Waals surface area contributed by atoms with E-state index in [-0.39, 0.29) is 24.8 Å². The van der Waals surface area contributed by atoms with Gasteiger partial charge < -0.3 is 26.0 Å². The van der Waals surface area contributed by atoms with Gasteiger partial charge in [0.15, 0.2) is 0 Å². The number of hydrogen-bond acceptors (Lipinski definition) is 5. The van der Waals surface area contributed by atoms with Crippen molar-refractivity contribution >= 4 is 23.8 Å². The van der Waals surface area contributed by atoms with E-state index in [0.29, 0.717) is 12.1 Å². The normalized spacial score (nSPS) is 15.1. The molecule has 0 aliphatic heterocycles. The number of alkyl carbamates (subject to hydrolysis) is 1. The zero-order valence-electron chi connectivity index (χ0n) is 23.9. The third kappa shape index (κ3) is 9.33. The van der Waals surface area contributed by atoms with Gasteiger partial charge in [-0.3, -0.25) is 14.4 Å². The predicted molar refractivity (Wildman–Crippen MR) is 147 cm³/mol. The number of primary amides is 1. The lowest BCUT2D eigenvalue weighted by Gasteiger charge is -2.43. The molecule has 1 aliphatic carbocycles. The number of carbonyl (C=O) groups excluding carboxylic acids is 4. The fraction of sp³-hybridized carbons (Fsp3) is 0.655. The van der Waals surface area contributed by atoms with Gasteiger partial charge in [-0.25, -0.2) is 4.79 Å².